The van der Waals surface area contributed by atoms with Gasteiger partial charge in [0.15, 0.2) is 0 Å². The summed E-state index contributed by atoms with van der Waals surface area (Å²) in [4.78, 5) is 0. The molecule has 0 radical (unpaired) electrons. The number of ether oxygens (including phenoxy) is 1. The maximum Gasteiger partial charge on any atom is 0.135 e. The summed E-state index contributed by atoms with van der Waals surface area (Å²) in [6, 6.07) is 0.588. The van der Waals surface area contributed by atoms with Crippen molar-refractivity contribution in [2.24, 2.45) is 5.92 Å². The van der Waals surface area contributed by atoms with Gasteiger partial charge in [0, 0.05) is 6.04 Å². The second kappa shape index (κ2) is 3.55. The first-order chi connectivity index (χ1) is 5.09. The van der Waals surface area contributed by atoms with Crippen LogP contribution in [-0.4, -0.2) is 18.4 Å². The molecule has 11 heavy (non-hydrogen) atoms. The van der Waals surface area contributed by atoms with E-state index in [1.807, 2.05) is 0 Å². The Balaban J connectivity index is 2.06. The molecule has 2 nitrogen and oxygen atoms in total. The van der Waals surface area contributed by atoms with Crippen LogP contribution in [-0.2, 0) is 4.74 Å². The van der Waals surface area contributed by atoms with Gasteiger partial charge in [0.05, 0.1) is 6.10 Å². The van der Waals surface area contributed by atoms with E-state index in [1.54, 1.807) is 0 Å². The van der Waals surface area contributed by atoms with E-state index in [2.05, 4.69) is 33.0 Å². The molecule has 0 aromatic carbocycles. The standard InChI is InChI=1S/C9H19NO/c1-6(2)5-7(3)10-9-8(4)11-9/h6-10H,5H2,1-4H3. The third kappa shape index (κ3) is 3.21. The van der Waals surface area contributed by atoms with Gasteiger partial charge in [-0.1, -0.05) is 13.8 Å². The number of nitrogens with one attached hydrogen (secondary N) is 1. The molecule has 3 atom stereocenters. The lowest BCUT2D eigenvalue weighted by atomic mass is 10.1. The Morgan fingerprint density at radius 1 is 1.36 bits per heavy atom. The smallest absolute Gasteiger partial charge is 0.135 e. The Kier molecular flexibility index (Phi) is 2.90. The molecule has 1 saturated heterocycles. The summed E-state index contributed by atoms with van der Waals surface area (Å²) < 4.78 is 5.26. The molecule has 0 spiro atoms. The van der Waals surface area contributed by atoms with Crippen molar-refractivity contribution in [2.75, 3.05) is 0 Å². The van der Waals surface area contributed by atoms with Gasteiger partial charge in [-0.25, -0.2) is 0 Å². The highest BCUT2D eigenvalue weighted by molar-refractivity contribution is 4.80. The molecule has 0 bridgehead atoms. The van der Waals surface area contributed by atoms with Crippen LogP contribution in [0.4, 0.5) is 0 Å². The van der Waals surface area contributed by atoms with E-state index < -0.39 is 0 Å². The van der Waals surface area contributed by atoms with Crippen molar-refractivity contribution in [3.8, 4) is 0 Å². The predicted octanol–water partition coefficient (Wildman–Crippen LogP) is 1.76. The van der Waals surface area contributed by atoms with Crippen molar-refractivity contribution >= 4 is 0 Å². The molecular formula is C9H19NO. The molecule has 0 aromatic heterocycles. The summed E-state index contributed by atoms with van der Waals surface area (Å²) in [5.41, 5.74) is 0. The SMILES string of the molecule is CC(C)CC(C)NC1OC1C. The van der Waals surface area contributed by atoms with E-state index in [0.717, 1.165) is 5.92 Å². The summed E-state index contributed by atoms with van der Waals surface area (Å²) >= 11 is 0. The second-order valence-electron chi connectivity index (χ2n) is 3.96. The molecule has 0 aromatic rings. The minimum Gasteiger partial charge on any atom is -0.354 e. The maximum absolute atomic E-state index is 5.26. The highest BCUT2D eigenvalue weighted by Crippen LogP contribution is 2.19. The van der Waals surface area contributed by atoms with Crippen molar-refractivity contribution in [1.29, 1.82) is 0 Å². The van der Waals surface area contributed by atoms with Crippen LogP contribution in [0.2, 0.25) is 0 Å². The lowest BCUT2D eigenvalue weighted by Crippen LogP contribution is -2.30. The van der Waals surface area contributed by atoms with Crippen LogP contribution in [0, 0.1) is 5.92 Å². The molecule has 1 heterocycles. The van der Waals surface area contributed by atoms with E-state index in [0.29, 0.717) is 18.4 Å². The van der Waals surface area contributed by atoms with Gasteiger partial charge in [-0.05, 0) is 26.2 Å². The van der Waals surface area contributed by atoms with Crippen LogP contribution in [0.15, 0.2) is 0 Å². The van der Waals surface area contributed by atoms with Crippen LogP contribution in [0.3, 0.4) is 0 Å². The van der Waals surface area contributed by atoms with Gasteiger partial charge in [-0.15, -0.1) is 0 Å². The number of hydrogen-bond donors (Lipinski definition) is 1. The first kappa shape index (κ1) is 9.01. The minimum absolute atomic E-state index is 0.337. The lowest BCUT2D eigenvalue weighted by molar-refractivity contribution is 0.319. The molecule has 1 fully saturated rings. The van der Waals surface area contributed by atoms with Crippen LogP contribution < -0.4 is 5.32 Å². The summed E-state index contributed by atoms with van der Waals surface area (Å²) in [5, 5.41) is 3.41. The average Bonchev–Trinajstić information content (AvgIpc) is 2.43. The molecule has 1 N–H and O–H groups in total. The molecule has 1 aliphatic rings. The van der Waals surface area contributed by atoms with Crippen LogP contribution in [0.25, 0.3) is 0 Å². The monoisotopic (exact) mass is 157 g/mol. The van der Waals surface area contributed by atoms with Crippen molar-refractivity contribution in [3.63, 3.8) is 0 Å². The molecule has 0 amide bonds. The van der Waals surface area contributed by atoms with Gasteiger partial charge < -0.3 is 4.74 Å². The highest BCUT2D eigenvalue weighted by atomic mass is 16.6. The van der Waals surface area contributed by atoms with Crippen LogP contribution in [0.1, 0.15) is 34.1 Å². The maximum atomic E-state index is 5.26. The molecule has 3 unspecified atom stereocenters. The zero-order valence-corrected chi connectivity index (χ0v) is 7.92. The number of hydrogen-bond acceptors (Lipinski definition) is 2. The Hall–Kier alpha value is -0.0800. The van der Waals surface area contributed by atoms with E-state index in [9.17, 15) is 0 Å². The summed E-state index contributed by atoms with van der Waals surface area (Å²) in [6.45, 7) is 8.80. The lowest BCUT2D eigenvalue weighted by Gasteiger charge is -2.13. The fourth-order valence-electron chi connectivity index (χ4n) is 1.42. The van der Waals surface area contributed by atoms with Crippen molar-refractivity contribution in [1.82, 2.24) is 5.32 Å². The molecule has 1 rings (SSSR count). The van der Waals surface area contributed by atoms with Crippen LogP contribution in [0.5, 0.6) is 0 Å². The fourth-order valence-corrected chi connectivity index (χ4v) is 1.42. The summed E-state index contributed by atoms with van der Waals surface area (Å²) in [5.74, 6) is 0.770. The number of rotatable bonds is 4. The third-order valence-corrected chi connectivity index (χ3v) is 1.98. The second-order valence-corrected chi connectivity index (χ2v) is 3.96. The van der Waals surface area contributed by atoms with Crippen molar-refractivity contribution in [2.45, 2.75) is 52.5 Å². The minimum atomic E-state index is 0.337. The van der Waals surface area contributed by atoms with Gasteiger partial charge in [0.1, 0.15) is 6.23 Å². The molecular weight excluding hydrogens is 138 g/mol. The average molecular weight is 157 g/mol. The van der Waals surface area contributed by atoms with Gasteiger partial charge in [0.25, 0.3) is 0 Å². The van der Waals surface area contributed by atoms with Crippen molar-refractivity contribution in [3.05, 3.63) is 0 Å². The predicted molar refractivity (Wildman–Crippen MR) is 46.4 cm³/mol. The Morgan fingerprint density at radius 2 is 1.91 bits per heavy atom. The zero-order valence-electron chi connectivity index (χ0n) is 7.92. The van der Waals surface area contributed by atoms with E-state index in [-0.39, 0.29) is 0 Å². The van der Waals surface area contributed by atoms with Crippen molar-refractivity contribution < 1.29 is 4.74 Å². The Bertz CT molecular complexity index is 125. The fraction of sp³-hybridized carbons (Fsp3) is 1.00. The molecule has 2 heteroatoms. The molecule has 66 valence electrons. The summed E-state index contributed by atoms with van der Waals surface area (Å²) in [7, 11) is 0. The van der Waals surface area contributed by atoms with E-state index >= 15 is 0 Å². The zero-order chi connectivity index (χ0) is 8.43. The normalized spacial score (nSPS) is 32.5. The molecule has 1 aliphatic heterocycles. The Labute approximate surface area is 69.3 Å². The van der Waals surface area contributed by atoms with E-state index in [1.165, 1.54) is 6.42 Å². The topological polar surface area (TPSA) is 24.6 Å². The number of epoxide rings is 1. The third-order valence-electron chi connectivity index (χ3n) is 1.98. The van der Waals surface area contributed by atoms with Gasteiger partial charge in [-0.3, -0.25) is 5.32 Å². The van der Waals surface area contributed by atoms with Gasteiger partial charge >= 0.3 is 0 Å². The highest BCUT2D eigenvalue weighted by Gasteiger charge is 2.34. The quantitative estimate of drug-likeness (QED) is 0.629. The first-order valence-corrected chi connectivity index (χ1v) is 4.51. The summed E-state index contributed by atoms with van der Waals surface area (Å²) in [6.07, 6.45) is 2.00. The van der Waals surface area contributed by atoms with Gasteiger partial charge in [-0.2, -0.15) is 0 Å². The largest absolute Gasteiger partial charge is 0.354 e. The van der Waals surface area contributed by atoms with Crippen LogP contribution >= 0.6 is 0 Å². The Morgan fingerprint density at radius 3 is 2.27 bits per heavy atom. The van der Waals surface area contributed by atoms with Gasteiger partial charge in [0.2, 0.25) is 0 Å². The molecule has 0 saturated carbocycles. The van der Waals surface area contributed by atoms with E-state index in [4.69, 9.17) is 4.74 Å². The molecule has 0 aliphatic carbocycles. The first-order valence-electron chi connectivity index (χ1n) is 4.51.